The zero-order valence-electron chi connectivity index (χ0n) is 12.4. The molecule has 3 aliphatic heterocycles. The summed E-state index contributed by atoms with van der Waals surface area (Å²) in [6, 6.07) is -2.30. The smallest absolute Gasteiger partial charge is 0.309 e. The fraction of sp³-hybridized carbons (Fsp3) is 0.727. The van der Waals surface area contributed by atoms with Crippen LogP contribution in [0.3, 0.4) is 0 Å². The summed E-state index contributed by atoms with van der Waals surface area (Å²) in [6.45, 7) is 0.527. The van der Waals surface area contributed by atoms with Crippen LogP contribution >= 0.6 is 0 Å². The number of piperidine rings is 1. The van der Waals surface area contributed by atoms with Crippen molar-refractivity contribution in [3.8, 4) is 0 Å². The lowest BCUT2D eigenvalue weighted by molar-refractivity contribution is -0.147. The molecule has 12 nitrogen and oxygen atoms in total. The van der Waals surface area contributed by atoms with E-state index in [-0.39, 0.29) is 31.8 Å². The number of Topliss-reactive ketones (excluding diaryl/α,β-unsaturated/α-hetero) is 1. The van der Waals surface area contributed by atoms with Gasteiger partial charge >= 0.3 is 16.4 Å². The lowest BCUT2D eigenvalue weighted by Crippen LogP contribution is -2.50. The van der Waals surface area contributed by atoms with E-state index in [0.29, 0.717) is 11.5 Å². The summed E-state index contributed by atoms with van der Waals surface area (Å²) < 4.78 is 34.6. The Bertz CT molecular complexity index is 667. The molecule has 3 rings (SSSR count). The topological polar surface area (TPSA) is 155 Å². The van der Waals surface area contributed by atoms with Crippen molar-refractivity contribution in [2.24, 2.45) is 0 Å². The van der Waals surface area contributed by atoms with Gasteiger partial charge in [0.1, 0.15) is 6.04 Å². The number of nitrogens with one attached hydrogen (secondary N) is 2. The van der Waals surface area contributed by atoms with Crippen molar-refractivity contribution in [2.75, 3.05) is 19.6 Å². The Kier molecular flexibility index (Phi) is 4.44. The number of hydrogen-bond acceptors (Lipinski definition) is 8. The van der Waals surface area contributed by atoms with E-state index < -0.39 is 40.5 Å². The van der Waals surface area contributed by atoms with Gasteiger partial charge in [-0.2, -0.15) is 13.5 Å². The zero-order chi connectivity index (χ0) is 17.5. The molecule has 2 unspecified atom stereocenters. The summed E-state index contributed by atoms with van der Waals surface area (Å²) >= 11 is 0. The number of amides is 3. The molecule has 3 aliphatic rings. The van der Waals surface area contributed by atoms with E-state index in [9.17, 15) is 22.8 Å². The molecule has 2 bridgehead atoms. The Morgan fingerprint density at radius 3 is 2.71 bits per heavy atom. The SMILES string of the molecule is O=C1CNCC1ONC(=O)[C@@H]1CCC2CN1C(=O)N2OS(=O)(=O)O. The lowest BCUT2D eigenvalue weighted by atomic mass is 10.0. The second kappa shape index (κ2) is 6.25. The highest BCUT2D eigenvalue weighted by Crippen LogP contribution is 2.30. The third-order valence-electron chi connectivity index (χ3n) is 4.09. The molecule has 3 amide bonds. The van der Waals surface area contributed by atoms with Crippen LogP contribution in [0.4, 0.5) is 4.79 Å². The Morgan fingerprint density at radius 1 is 1.33 bits per heavy atom. The van der Waals surface area contributed by atoms with Crippen LogP contribution in [-0.2, 0) is 29.1 Å². The third-order valence-corrected chi connectivity index (χ3v) is 4.44. The highest BCUT2D eigenvalue weighted by atomic mass is 32.3. The molecule has 134 valence electrons. The molecule has 3 saturated heterocycles. The van der Waals surface area contributed by atoms with E-state index in [1.165, 1.54) is 0 Å². The Hall–Kier alpha value is -1.80. The monoisotopic (exact) mass is 364 g/mol. The molecule has 24 heavy (non-hydrogen) atoms. The van der Waals surface area contributed by atoms with Gasteiger partial charge in [-0.15, -0.1) is 4.28 Å². The van der Waals surface area contributed by atoms with Crippen LogP contribution in [0.5, 0.6) is 0 Å². The van der Waals surface area contributed by atoms with Crippen LogP contribution in [0.15, 0.2) is 0 Å². The summed E-state index contributed by atoms with van der Waals surface area (Å²) in [5.41, 5.74) is 2.17. The molecule has 0 aromatic heterocycles. The van der Waals surface area contributed by atoms with Crippen LogP contribution in [0.2, 0.25) is 0 Å². The first-order valence-corrected chi connectivity index (χ1v) is 8.58. The molecule has 3 fully saturated rings. The standard InChI is InChI=1S/C11H16N4O8S/c16-8-3-12-4-9(8)22-13-10(17)7-2-1-6-5-14(7)11(18)15(6)23-24(19,20)21/h6-7,9,12H,1-5H2,(H,13,17)(H,19,20,21)/t6?,7-,9?/m0/s1. The molecule has 3 atom stereocenters. The molecule has 3 N–H and O–H groups in total. The average Bonchev–Trinajstić information content (AvgIpc) is 3.01. The normalized spacial score (nSPS) is 30.1. The van der Waals surface area contributed by atoms with Gasteiger partial charge in [0.25, 0.3) is 5.91 Å². The van der Waals surface area contributed by atoms with E-state index >= 15 is 0 Å². The Balaban J connectivity index is 1.61. The molecule has 0 spiro atoms. The van der Waals surface area contributed by atoms with Crippen molar-refractivity contribution in [2.45, 2.75) is 31.0 Å². The molecule has 0 aromatic rings. The Morgan fingerprint density at radius 2 is 2.08 bits per heavy atom. The van der Waals surface area contributed by atoms with Gasteiger partial charge in [-0.05, 0) is 12.8 Å². The van der Waals surface area contributed by atoms with Crippen LogP contribution in [0.1, 0.15) is 12.8 Å². The fourth-order valence-electron chi connectivity index (χ4n) is 2.96. The van der Waals surface area contributed by atoms with Gasteiger partial charge in [-0.3, -0.25) is 19.0 Å². The number of carbonyl (C=O) groups is 3. The first-order chi connectivity index (χ1) is 11.3. The first-order valence-electron chi connectivity index (χ1n) is 7.22. The van der Waals surface area contributed by atoms with Crippen molar-refractivity contribution in [3.63, 3.8) is 0 Å². The quantitative estimate of drug-likeness (QED) is 0.357. The minimum absolute atomic E-state index is 0.0797. The van der Waals surface area contributed by atoms with E-state index in [1.54, 1.807) is 0 Å². The van der Waals surface area contributed by atoms with Crippen LogP contribution in [0.25, 0.3) is 0 Å². The number of ketones is 1. The first kappa shape index (κ1) is 17.0. The van der Waals surface area contributed by atoms with Crippen molar-refractivity contribution < 1.29 is 36.5 Å². The number of urea groups is 1. The van der Waals surface area contributed by atoms with Crippen LogP contribution in [-0.4, -0.2) is 78.5 Å². The number of hydroxylamine groups is 3. The molecular formula is C11H16N4O8S. The van der Waals surface area contributed by atoms with E-state index in [4.69, 9.17) is 9.39 Å². The van der Waals surface area contributed by atoms with Gasteiger partial charge in [0.05, 0.1) is 12.6 Å². The number of carbonyl (C=O) groups excluding carboxylic acids is 3. The molecule has 0 saturated carbocycles. The van der Waals surface area contributed by atoms with Gasteiger partial charge in [-0.25, -0.2) is 10.3 Å². The molecule has 0 aliphatic carbocycles. The highest BCUT2D eigenvalue weighted by Gasteiger charge is 2.49. The summed E-state index contributed by atoms with van der Waals surface area (Å²) in [7, 11) is -4.84. The third kappa shape index (κ3) is 3.34. The average molecular weight is 364 g/mol. The van der Waals surface area contributed by atoms with E-state index in [1.807, 2.05) is 0 Å². The predicted molar refractivity (Wildman–Crippen MR) is 74.3 cm³/mol. The maximum absolute atomic E-state index is 12.2. The van der Waals surface area contributed by atoms with Gasteiger partial charge < -0.3 is 10.2 Å². The molecular weight excluding hydrogens is 348 g/mol. The van der Waals surface area contributed by atoms with Gasteiger partial charge in [-0.1, -0.05) is 0 Å². The summed E-state index contributed by atoms with van der Waals surface area (Å²) in [4.78, 5) is 41.9. The molecule has 3 heterocycles. The van der Waals surface area contributed by atoms with Crippen LogP contribution < -0.4 is 10.8 Å². The van der Waals surface area contributed by atoms with Gasteiger partial charge in [0.15, 0.2) is 11.9 Å². The highest BCUT2D eigenvalue weighted by molar-refractivity contribution is 7.80. The van der Waals surface area contributed by atoms with Crippen molar-refractivity contribution >= 4 is 28.1 Å². The second-order valence-electron chi connectivity index (χ2n) is 5.68. The largest absolute Gasteiger partial charge is 0.418 e. The number of rotatable bonds is 5. The molecule has 0 aromatic carbocycles. The second-order valence-corrected chi connectivity index (χ2v) is 6.68. The lowest BCUT2D eigenvalue weighted by Gasteiger charge is -2.29. The number of hydrogen-bond donors (Lipinski definition) is 3. The maximum atomic E-state index is 12.2. The maximum Gasteiger partial charge on any atom is 0.418 e. The summed E-state index contributed by atoms with van der Waals surface area (Å²) in [5, 5.41) is 3.34. The minimum atomic E-state index is -4.84. The number of nitrogens with zero attached hydrogens (tertiary/aromatic N) is 2. The van der Waals surface area contributed by atoms with Crippen molar-refractivity contribution in [1.82, 2.24) is 20.8 Å². The summed E-state index contributed by atoms with van der Waals surface area (Å²) in [6.07, 6.45) is -0.216. The minimum Gasteiger partial charge on any atom is -0.309 e. The Labute approximate surface area is 136 Å². The van der Waals surface area contributed by atoms with E-state index in [0.717, 1.165) is 4.90 Å². The van der Waals surface area contributed by atoms with Crippen LogP contribution in [0, 0.1) is 0 Å². The van der Waals surface area contributed by atoms with E-state index in [2.05, 4.69) is 15.1 Å². The van der Waals surface area contributed by atoms with Gasteiger partial charge in [0, 0.05) is 13.1 Å². The zero-order valence-corrected chi connectivity index (χ0v) is 13.2. The van der Waals surface area contributed by atoms with Gasteiger partial charge in [0.2, 0.25) is 0 Å². The number of fused-ring (bicyclic) bond motifs is 2. The predicted octanol–water partition coefficient (Wildman–Crippen LogP) is -2.42. The summed E-state index contributed by atoms with van der Waals surface area (Å²) in [5.74, 6) is -0.806. The van der Waals surface area contributed by atoms with Crippen molar-refractivity contribution in [3.05, 3.63) is 0 Å². The molecule has 13 heteroatoms. The fourth-order valence-corrected chi connectivity index (χ4v) is 3.35. The van der Waals surface area contributed by atoms with Crippen molar-refractivity contribution in [1.29, 1.82) is 0 Å². The molecule has 0 radical (unpaired) electrons.